The Morgan fingerprint density at radius 2 is 2.00 bits per heavy atom. The number of aliphatic hydroxyl groups is 2. The summed E-state index contributed by atoms with van der Waals surface area (Å²) in [5, 5.41) is 21.5. The van der Waals surface area contributed by atoms with E-state index < -0.39 is 6.10 Å². The molecule has 1 aliphatic heterocycles. The van der Waals surface area contributed by atoms with Crippen molar-refractivity contribution in [2.24, 2.45) is 5.92 Å². The second-order valence-corrected chi connectivity index (χ2v) is 5.06. The van der Waals surface area contributed by atoms with Crippen molar-refractivity contribution in [3.05, 3.63) is 0 Å². The number of nitrogens with zero attached hydrogens (tertiary/aromatic N) is 1. The van der Waals surface area contributed by atoms with E-state index in [4.69, 9.17) is 5.11 Å². The number of hydrogen-bond donors (Lipinski definition) is 3. The van der Waals surface area contributed by atoms with Crippen molar-refractivity contribution in [3.8, 4) is 0 Å². The van der Waals surface area contributed by atoms with Crippen LogP contribution < -0.4 is 5.32 Å². The number of likely N-dealkylation sites (N-methyl/N-ethyl adjacent to an activating group) is 1. The van der Waals surface area contributed by atoms with Crippen molar-refractivity contribution < 1.29 is 15.0 Å². The Labute approximate surface area is 95.4 Å². The molecule has 2 rings (SSSR count). The number of amides is 1. The molecule has 1 amide bonds. The number of aliphatic hydroxyl groups excluding tert-OH is 2. The van der Waals surface area contributed by atoms with E-state index in [1.807, 2.05) is 0 Å². The zero-order valence-corrected chi connectivity index (χ0v) is 9.59. The average Bonchev–Trinajstić information content (AvgIpc) is 2.61. The molecule has 3 N–H and O–H groups in total. The normalized spacial score (nSPS) is 38.2. The molecule has 0 aromatic carbocycles. The Morgan fingerprint density at radius 3 is 2.50 bits per heavy atom. The third-order valence-electron chi connectivity index (χ3n) is 3.52. The van der Waals surface area contributed by atoms with E-state index in [-0.39, 0.29) is 18.1 Å². The lowest BCUT2D eigenvalue weighted by atomic mass is 9.82. The van der Waals surface area contributed by atoms with Crippen LogP contribution in [0.25, 0.3) is 0 Å². The molecular formula is C11H20N2O3. The number of hydrogen-bond acceptors (Lipinski definition) is 4. The highest BCUT2D eigenvalue weighted by Crippen LogP contribution is 2.27. The molecule has 1 saturated carbocycles. The molecule has 0 bridgehead atoms. The Kier molecular flexibility index (Phi) is 3.47. The van der Waals surface area contributed by atoms with Crippen LogP contribution in [-0.2, 0) is 4.79 Å². The smallest absolute Gasteiger partial charge is 0.239 e. The largest absolute Gasteiger partial charge is 0.393 e. The van der Waals surface area contributed by atoms with E-state index in [0.717, 1.165) is 12.8 Å². The maximum Gasteiger partial charge on any atom is 0.239 e. The van der Waals surface area contributed by atoms with Gasteiger partial charge in [-0.1, -0.05) is 0 Å². The van der Waals surface area contributed by atoms with Crippen LogP contribution in [0.4, 0.5) is 0 Å². The molecule has 16 heavy (non-hydrogen) atoms. The minimum Gasteiger partial charge on any atom is -0.393 e. The highest BCUT2D eigenvalue weighted by atomic mass is 16.3. The first-order valence-electron chi connectivity index (χ1n) is 5.90. The second kappa shape index (κ2) is 4.69. The molecule has 1 aliphatic carbocycles. The topological polar surface area (TPSA) is 72.8 Å². The molecule has 92 valence electrons. The van der Waals surface area contributed by atoms with Crippen LogP contribution in [0.1, 0.15) is 19.3 Å². The van der Waals surface area contributed by atoms with Gasteiger partial charge in [-0.15, -0.1) is 0 Å². The van der Waals surface area contributed by atoms with Gasteiger partial charge in [0.15, 0.2) is 0 Å². The quantitative estimate of drug-likeness (QED) is 0.575. The Morgan fingerprint density at radius 1 is 1.31 bits per heavy atom. The van der Waals surface area contributed by atoms with Crippen LogP contribution in [0, 0.1) is 5.92 Å². The Hall–Kier alpha value is -0.650. The predicted molar refractivity (Wildman–Crippen MR) is 58.8 cm³/mol. The molecular weight excluding hydrogens is 208 g/mol. The summed E-state index contributed by atoms with van der Waals surface area (Å²) in [4.78, 5) is 13.7. The summed E-state index contributed by atoms with van der Waals surface area (Å²) in [6, 6.07) is -0.231. The van der Waals surface area contributed by atoms with Gasteiger partial charge >= 0.3 is 0 Å². The number of rotatable bonds is 3. The molecule has 5 nitrogen and oxygen atoms in total. The van der Waals surface area contributed by atoms with Crippen molar-refractivity contribution in [3.63, 3.8) is 0 Å². The molecule has 2 fully saturated rings. The zero-order chi connectivity index (χ0) is 11.7. The zero-order valence-electron chi connectivity index (χ0n) is 9.59. The van der Waals surface area contributed by atoms with E-state index in [1.165, 1.54) is 0 Å². The standard InChI is InChI=1S/C11H20N2O3/c1-13(6-7-2-8(14)3-7)11(16)10-4-9(15)5-12-10/h7-10,12,14-15H,2-6H2,1H3. The minimum atomic E-state index is -0.395. The molecule has 1 saturated heterocycles. The van der Waals surface area contributed by atoms with E-state index in [0.29, 0.717) is 25.4 Å². The summed E-state index contributed by atoms with van der Waals surface area (Å²) >= 11 is 0. The highest BCUT2D eigenvalue weighted by molar-refractivity contribution is 5.82. The summed E-state index contributed by atoms with van der Waals surface area (Å²) in [7, 11) is 1.79. The minimum absolute atomic E-state index is 0.0536. The van der Waals surface area contributed by atoms with Gasteiger partial charge < -0.3 is 20.4 Å². The molecule has 0 radical (unpaired) electrons. The Bertz CT molecular complexity index is 266. The summed E-state index contributed by atoms with van der Waals surface area (Å²) in [5.41, 5.74) is 0. The molecule has 2 aliphatic rings. The fraction of sp³-hybridized carbons (Fsp3) is 0.909. The van der Waals surface area contributed by atoms with Crippen LogP contribution in [0.3, 0.4) is 0 Å². The molecule has 0 aromatic heterocycles. The first-order chi connectivity index (χ1) is 7.56. The summed E-state index contributed by atoms with van der Waals surface area (Å²) < 4.78 is 0. The van der Waals surface area contributed by atoms with Gasteiger partial charge in [0, 0.05) is 20.1 Å². The molecule has 2 atom stereocenters. The molecule has 5 heteroatoms. The van der Waals surface area contributed by atoms with Crippen molar-refractivity contribution >= 4 is 5.91 Å². The third kappa shape index (κ3) is 2.53. The fourth-order valence-corrected chi connectivity index (χ4v) is 2.50. The first-order valence-corrected chi connectivity index (χ1v) is 5.90. The van der Waals surface area contributed by atoms with Gasteiger partial charge in [0.2, 0.25) is 5.91 Å². The van der Waals surface area contributed by atoms with Gasteiger partial charge in [0.05, 0.1) is 18.2 Å². The maximum absolute atomic E-state index is 11.9. The third-order valence-corrected chi connectivity index (χ3v) is 3.52. The SMILES string of the molecule is CN(CC1CC(O)C1)C(=O)C1CC(O)CN1. The first kappa shape index (κ1) is 11.8. The van der Waals surface area contributed by atoms with Gasteiger partial charge in [-0.25, -0.2) is 0 Å². The van der Waals surface area contributed by atoms with Crippen LogP contribution >= 0.6 is 0 Å². The second-order valence-electron chi connectivity index (χ2n) is 5.06. The van der Waals surface area contributed by atoms with Gasteiger partial charge in [-0.3, -0.25) is 4.79 Å². The van der Waals surface area contributed by atoms with Gasteiger partial charge in [-0.2, -0.15) is 0 Å². The van der Waals surface area contributed by atoms with Gasteiger partial charge in [0.25, 0.3) is 0 Å². The highest BCUT2D eigenvalue weighted by Gasteiger charge is 2.33. The monoisotopic (exact) mass is 228 g/mol. The Balaban J connectivity index is 1.76. The van der Waals surface area contributed by atoms with Crippen molar-refractivity contribution in [1.82, 2.24) is 10.2 Å². The van der Waals surface area contributed by atoms with Crippen LogP contribution in [-0.4, -0.2) is 59.4 Å². The lowest BCUT2D eigenvalue weighted by molar-refractivity contribution is -0.133. The lowest BCUT2D eigenvalue weighted by Crippen LogP contribution is -2.46. The molecule has 0 aromatic rings. The van der Waals surface area contributed by atoms with Crippen LogP contribution in [0.2, 0.25) is 0 Å². The maximum atomic E-state index is 11.9. The van der Waals surface area contributed by atoms with Crippen molar-refractivity contribution in [2.45, 2.75) is 37.5 Å². The number of β-amino-alcohol motifs (C(OH)–C–C–N with tert-alkyl or cyclic N) is 1. The predicted octanol–water partition coefficient (Wildman–Crippen LogP) is -1.06. The molecule has 2 unspecified atom stereocenters. The average molecular weight is 228 g/mol. The fourth-order valence-electron chi connectivity index (χ4n) is 2.50. The van der Waals surface area contributed by atoms with Crippen molar-refractivity contribution in [1.29, 1.82) is 0 Å². The van der Waals surface area contributed by atoms with E-state index in [2.05, 4.69) is 5.32 Å². The number of carbonyl (C=O) groups excluding carboxylic acids is 1. The van der Waals surface area contributed by atoms with E-state index in [1.54, 1.807) is 11.9 Å². The van der Waals surface area contributed by atoms with Gasteiger partial charge in [0.1, 0.15) is 0 Å². The van der Waals surface area contributed by atoms with E-state index >= 15 is 0 Å². The van der Waals surface area contributed by atoms with Gasteiger partial charge in [-0.05, 0) is 25.2 Å². The van der Waals surface area contributed by atoms with Crippen molar-refractivity contribution in [2.75, 3.05) is 20.1 Å². The molecule has 0 spiro atoms. The van der Waals surface area contributed by atoms with Crippen LogP contribution in [0.15, 0.2) is 0 Å². The number of carbonyl (C=O) groups is 1. The van der Waals surface area contributed by atoms with E-state index in [9.17, 15) is 9.90 Å². The summed E-state index contributed by atoms with van der Waals surface area (Å²) in [6.45, 7) is 1.22. The lowest BCUT2D eigenvalue weighted by Gasteiger charge is -2.35. The summed E-state index contributed by atoms with van der Waals surface area (Å²) in [6.07, 6.45) is 1.56. The van der Waals surface area contributed by atoms with Crippen LogP contribution in [0.5, 0.6) is 0 Å². The number of nitrogens with one attached hydrogen (secondary N) is 1. The molecule has 1 heterocycles. The summed E-state index contributed by atoms with van der Waals surface area (Å²) in [5.74, 6) is 0.494.